The molecule has 0 aromatic rings. The van der Waals surface area contributed by atoms with Crippen LogP contribution in [-0.2, 0) is 28.6 Å². The van der Waals surface area contributed by atoms with Gasteiger partial charge in [0, 0.05) is 19.3 Å². The molecule has 0 aromatic heterocycles. The van der Waals surface area contributed by atoms with Gasteiger partial charge in [-0.25, -0.2) is 0 Å². The summed E-state index contributed by atoms with van der Waals surface area (Å²) in [4.78, 5) is 38.3. The van der Waals surface area contributed by atoms with Crippen molar-refractivity contribution in [1.29, 1.82) is 0 Å². The van der Waals surface area contributed by atoms with Crippen molar-refractivity contribution in [3.05, 3.63) is 60.8 Å². The SMILES string of the molecule is CC/C=C\C/C=C\C/C=C\C/C=C\CCCCCCCCCCC(=O)OC(COC(=O)CCCCCCC/C=C\CCCC)COC(=O)CCCCCCCCCCCCCCCCCCCCCCCCCCCC. The van der Waals surface area contributed by atoms with Crippen molar-refractivity contribution < 1.29 is 28.6 Å². The van der Waals surface area contributed by atoms with Gasteiger partial charge in [0.15, 0.2) is 6.10 Å². The molecule has 0 heterocycles. The van der Waals surface area contributed by atoms with Crippen molar-refractivity contribution in [3.8, 4) is 0 Å². The molecular formula is C70H126O6. The first-order valence-corrected chi connectivity index (χ1v) is 33.3. The second kappa shape index (κ2) is 64.6. The van der Waals surface area contributed by atoms with Crippen molar-refractivity contribution in [3.63, 3.8) is 0 Å². The Morgan fingerprint density at radius 1 is 0.276 bits per heavy atom. The Balaban J connectivity index is 4.21. The second-order valence-electron chi connectivity index (χ2n) is 22.4. The van der Waals surface area contributed by atoms with Crippen LogP contribution in [-0.4, -0.2) is 37.2 Å². The van der Waals surface area contributed by atoms with Gasteiger partial charge < -0.3 is 14.2 Å². The molecule has 0 aliphatic rings. The van der Waals surface area contributed by atoms with E-state index in [0.29, 0.717) is 19.3 Å². The molecule has 76 heavy (non-hydrogen) atoms. The van der Waals surface area contributed by atoms with Crippen LogP contribution in [0.15, 0.2) is 60.8 Å². The second-order valence-corrected chi connectivity index (χ2v) is 22.4. The fourth-order valence-corrected chi connectivity index (χ4v) is 9.77. The molecule has 0 amide bonds. The molecule has 1 atom stereocenters. The molecule has 0 N–H and O–H groups in total. The normalized spacial score (nSPS) is 12.4. The minimum atomic E-state index is -0.781. The minimum absolute atomic E-state index is 0.0769. The number of hydrogen-bond donors (Lipinski definition) is 0. The van der Waals surface area contributed by atoms with E-state index in [1.54, 1.807) is 0 Å². The molecule has 442 valence electrons. The number of hydrogen-bond acceptors (Lipinski definition) is 6. The summed E-state index contributed by atoms with van der Waals surface area (Å²) in [5.41, 5.74) is 0. The van der Waals surface area contributed by atoms with Gasteiger partial charge in [0.2, 0.25) is 0 Å². The lowest BCUT2D eigenvalue weighted by molar-refractivity contribution is -0.167. The van der Waals surface area contributed by atoms with Gasteiger partial charge in [-0.2, -0.15) is 0 Å². The number of ether oxygens (including phenoxy) is 3. The Kier molecular flexibility index (Phi) is 62.2. The standard InChI is InChI=1S/C70H126O6/c1-4-7-10-13-16-19-22-24-26-28-30-32-33-34-35-36-38-39-41-43-45-48-51-54-57-60-63-69(72)75-66-67(65-74-68(71)62-59-56-53-50-47-21-18-15-12-9-6-3)76-70(73)64-61-58-55-52-49-46-44-42-40-37-31-29-27-25-23-20-17-14-11-8-5-2/h8,11,15,17-18,20,25,27,31,37,67H,4-7,9-10,12-14,16,19,21-24,26,28-30,32-36,38-66H2,1-3H3/b11-8-,18-15-,20-17-,27-25-,37-31-. The molecule has 0 saturated heterocycles. The number of carbonyl (C=O) groups is 3. The third-order valence-electron chi connectivity index (χ3n) is 14.8. The van der Waals surface area contributed by atoms with Gasteiger partial charge in [0.25, 0.3) is 0 Å². The number of allylic oxidation sites excluding steroid dienone is 10. The first kappa shape index (κ1) is 73.1. The number of unbranched alkanes of at least 4 members (excludes halogenated alkanes) is 40. The maximum atomic E-state index is 12.9. The molecule has 0 rings (SSSR count). The molecule has 0 spiro atoms. The Bertz CT molecular complexity index is 1360. The van der Waals surface area contributed by atoms with E-state index >= 15 is 0 Å². The first-order valence-electron chi connectivity index (χ1n) is 33.3. The summed E-state index contributed by atoms with van der Waals surface area (Å²) in [6, 6.07) is 0. The van der Waals surface area contributed by atoms with Crippen LogP contribution >= 0.6 is 0 Å². The summed E-state index contributed by atoms with van der Waals surface area (Å²) in [5.74, 6) is -0.877. The fraction of sp³-hybridized carbons (Fsp3) is 0.814. The lowest BCUT2D eigenvalue weighted by atomic mass is 10.0. The molecule has 1 unspecified atom stereocenters. The van der Waals surface area contributed by atoms with Gasteiger partial charge >= 0.3 is 17.9 Å². The summed E-state index contributed by atoms with van der Waals surface area (Å²) in [6.07, 6.45) is 82.5. The zero-order valence-electron chi connectivity index (χ0n) is 50.8. The Hall–Kier alpha value is -2.89. The maximum absolute atomic E-state index is 12.9. The molecule has 0 aliphatic heterocycles. The van der Waals surface area contributed by atoms with Gasteiger partial charge in [-0.15, -0.1) is 0 Å². The van der Waals surface area contributed by atoms with E-state index < -0.39 is 6.10 Å². The zero-order valence-corrected chi connectivity index (χ0v) is 50.8. The zero-order chi connectivity index (χ0) is 55.0. The summed E-state index contributed by atoms with van der Waals surface area (Å²) in [5, 5.41) is 0. The molecule has 0 bridgehead atoms. The van der Waals surface area contributed by atoms with Crippen molar-refractivity contribution in [2.24, 2.45) is 0 Å². The van der Waals surface area contributed by atoms with E-state index in [9.17, 15) is 14.4 Å². The third kappa shape index (κ3) is 62.0. The topological polar surface area (TPSA) is 78.9 Å². The first-order chi connectivity index (χ1) is 37.5. The highest BCUT2D eigenvalue weighted by Gasteiger charge is 2.19. The predicted molar refractivity (Wildman–Crippen MR) is 330 cm³/mol. The third-order valence-corrected chi connectivity index (χ3v) is 14.8. The Morgan fingerprint density at radius 2 is 0.526 bits per heavy atom. The van der Waals surface area contributed by atoms with Crippen molar-refractivity contribution in [2.75, 3.05) is 13.2 Å². The van der Waals surface area contributed by atoms with Crippen molar-refractivity contribution in [2.45, 2.75) is 354 Å². The lowest BCUT2D eigenvalue weighted by Gasteiger charge is -2.18. The van der Waals surface area contributed by atoms with E-state index in [2.05, 4.69) is 81.5 Å². The molecule has 0 aromatic carbocycles. The van der Waals surface area contributed by atoms with E-state index in [4.69, 9.17) is 14.2 Å². The molecule has 6 heteroatoms. The average Bonchev–Trinajstić information content (AvgIpc) is 3.42. The molecule has 6 nitrogen and oxygen atoms in total. The van der Waals surface area contributed by atoms with Crippen molar-refractivity contribution >= 4 is 17.9 Å². The highest BCUT2D eigenvalue weighted by atomic mass is 16.6. The van der Waals surface area contributed by atoms with Crippen LogP contribution in [0.25, 0.3) is 0 Å². The Morgan fingerprint density at radius 3 is 0.855 bits per heavy atom. The predicted octanol–water partition coefficient (Wildman–Crippen LogP) is 22.7. The summed E-state index contributed by atoms with van der Waals surface area (Å²) in [7, 11) is 0. The van der Waals surface area contributed by atoms with E-state index in [0.717, 1.165) is 96.3 Å². The minimum Gasteiger partial charge on any atom is -0.462 e. The highest BCUT2D eigenvalue weighted by Crippen LogP contribution is 2.18. The smallest absolute Gasteiger partial charge is 0.306 e. The van der Waals surface area contributed by atoms with Gasteiger partial charge in [0.1, 0.15) is 13.2 Å². The fourth-order valence-electron chi connectivity index (χ4n) is 9.77. The van der Waals surface area contributed by atoms with Crippen LogP contribution in [0.2, 0.25) is 0 Å². The monoisotopic (exact) mass is 1060 g/mol. The lowest BCUT2D eigenvalue weighted by Crippen LogP contribution is -2.30. The number of esters is 3. The van der Waals surface area contributed by atoms with Gasteiger partial charge in [-0.1, -0.05) is 313 Å². The molecular weight excluding hydrogens is 937 g/mol. The summed E-state index contributed by atoms with van der Waals surface area (Å²) < 4.78 is 16.9. The average molecular weight is 1060 g/mol. The van der Waals surface area contributed by atoms with E-state index in [-0.39, 0.29) is 31.1 Å². The van der Waals surface area contributed by atoms with Crippen LogP contribution < -0.4 is 0 Å². The summed E-state index contributed by atoms with van der Waals surface area (Å²) >= 11 is 0. The summed E-state index contributed by atoms with van der Waals surface area (Å²) in [6.45, 7) is 6.53. The van der Waals surface area contributed by atoms with Crippen molar-refractivity contribution in [1.82, 2.24) is 0 Å². The molecule has 0 saturated carbocycles. The largest absolute Gasteiger partial charge is 0.462 e. The molecule has 0 radical (unpaired) electrons. The van der Waals surface area contributed by atoms with Gasteiger partial charge in [-0.3, -0.25) is 14.4 Å². The van der Waals surface area contributed by atoms with Crippen LogP contribution in [0.3, 0.4) is 0 Å². The number of rotatable bonds is 61. The quantitative estimate of drug-likeness (QED) is 0.0261. The van der Waals surface area contributed by atoms with Gasteiger partial charge in [-0.05, 0) is 77.0 Å². The van der Waals surface area contributed by atoms with Gasteiger partial charge in [0.05, 0.1) is 0 Å². The van der Waals surface area contributed by atoms with E-state index in [1.165, 1.54) is 212 Å². The van der Waals surface area contributed by atoms with Crippen LogP contribution in [0.4, 0.5) is 0 Å². The van der Waals surface area contributed by atoms with Crippen LogP contribution in [0, 0.1) is 0 Å². The van der Waals surface area contributed by atoms with Crippen LogP contribution in [0.1, 0.15) is 348 Å². The Labute approximate surface area is 472 Å². The highest BCUT2D eigenvalue weighted by molar-refractivity contribution is 5.71. The van der Waals surface area contributed by atoms with E-state index in [1.807, 2.05) is 0 Å². The maximum Gasteiger partial charge on any atom is 0.306 e. The molecule has 0 fully saturated rings. The number of carbonyl (C=O) groups excluding carboxylic acids is 3. The molecule has 0 aliphatic carbocycles. The van der Waals surface area contributed by atoms with Crippen LogP contribution in [0.5, 0.6) is 0 Å².